The maximum absolute atomic E-state index is 4.30. The Morgan fingerprint density at radius 1 is 1.64 bits per heavy atom. The predicted octanol–water partition coefficient (Wildman–Crippen LogP) is 0.0500. The molecule has 0 saturated carbocycles. The van der Waals surface area contributed by atoms with Crippen LogP contribution < -0.4 is 5.32 Å². The molecule has 2 heterocycles. The van der Waals surface area contributed by atoms with Gasteiger partial charge in [0.25, 0.3) is 0 Å². The number of nitrogens with one attached hydrogen (secondary N) is 1. The molecule has 0 radical (unpaired) electrons. The largest absolute Gasteiger partial charge is 0.364 e. The van der Waals surface area contributed by atoms with Gasteiger partial charge in [-0.05, 0) is 0 Å². The summed E-state index contributed by atoms with van der Waals surface area (Å²) < 4.78 is 1.94. The van der Waals surface area contributed by atoms with E-state index in [1.807, 2.05) is 11.6 Å². The molecule has 5 nitrogen and oxygen atoms in total. The van der Waals surface area contributed by atoms with E-state index < -0.39 is 0 Å². The van der Waals surface area contributed by atoms with Gasteiger partial charge in [0, 0.05) is 25.8 Å². The first kappa shape index (κ1) is 9.51. The van der Waals surface area contributed by atoms with Gasteiger partial charge in [0.1, 0.15) is 12.2 Å². The minimum absolute atomic E-state index is 0.873. The lowest BCUT2D eigenvalue weighted by Crippen LogP contribution is -2.22. The molecular formula is C8H13N5S. The van der Waals surface area contributed by atoms with Crippen LogP contribution >= 0.6 is 11.8 Å². The summed E-state index contributed by atoms with van der Waals surface area (Å²) in [5, 5.41) is 12.2. The quantitative estimate of drug-likeness (QED) is 0.767. The molecule has 0 aliphatic carbocycles. The highest BCUT2D eigenvalue weighted by molar-refractivity contribution is 8.14. The van der Waals surface area contributed by atoms with Crippen LogP contribution in [-0.2, 0) is 13.5 Å². The Balaban J connectivity index is 1.75. The fourth-order valence-electron chi connectivity index (χ4n) is 1.26. The van der Waals surface area contributed by atoms with Gasteiger partial charge < -0.3 is 9.88 Å². The van der Waals surface area contributed by atoms with Crippen molar-refractivity contribution in [3.8, 4) is 0 Å². The molecule has 14 heavy (non-hydrogen) atoms. The van der Waals surface area contributed by atoms with Gasteiger partial charge in [-0.1, -0.05) is 11.8 Å². The van der Waals surface area contributed by atoms with E-state index in [4.69, 9.17) is 0 Å². The van der Waals surface area contributed by atoms with Crippen molar-refractivity contribution in [1.82, 2.24) is 20.1 Å². The first-order chi connectivity index (χ1) is 6.86. The molecule has 0 unspecified atom stereocenters. The molecule has 0 bridgehead atoms. The van der Waals surface area contributed by atoms with Gasteiger partial charge in [-0.3, -0.25) is 4.99 Å². The van der Waals surface area contributed by atoms with Crippen LogP contribution in [-0.4, -0.2) is 38.8 Å². The Kier molecular flexibility index (Phi) is 3.03. The summed E-state index contributed by atoms with van der Waals surface area (Å²) in [5.41, 5.74) is 0. The summed E-state index contributed by atoms with van der Waals surface area (Å²) in [5.74, 6) is 2.10. The van der Waals surface area contributed by atoms with E-state index in [2.05, 4.69) is 20.5 Å². The normalized spacial score (nSPS) is 15.6. The summed E-state index contributed by atoms with van der Waals surface area (Å²) in [6, 6.07) is 0. The Labute approximate surface area is 87.0 Å². The highest BCUT2D eigenvalue weighted by atomic mass is 32.2. The summed E-state index contributed by atoms with van der Waals surface area (Å²) in [7, 11) is 1.96. The number of rotatable bonds is 3. The smallest absolute Gasteiger partial charge is 0.156 e. The number of thioether (sulfide) groups is 1. The first-order valence-electron chi connectivity index (χ1n) is 4.60. The molecule has 0 aromatic carbocycles. The first-order valence-corrected chi connectivity index (χ1v) is 5.59. The molecule has 0 saturated heterocycles. The molecular weight excluding hydrogens is 198 g/mol. The average Bonchev–Trinajstić information content (AvgIpc) is 2.78. The van der Waals surface area contributed by atoms with E-state index in [0.29, 0.717) is 0 Å². The number of aryl methyl sites for hydroxylation is 1. The Bertz CT molecular complexity index is 332. The standard InChI is InChI=1S/C8H13N5S/c1-13-6-11-12-7(13)2-3-9-8-10-4-5-14-8/h6H,2-5H2,1H3,(H,9,10). The summed E-state index contributed by atoms with van der Waals surface area (Å²) in [6.07, 6.45) is 2.60. The van der Waals surface area contributed by atoms with Crippen LogP contribution in [0.2, 0.25) is 0 Å². The predicted molar refractivity (Wildman–Crippen MR) is 57.5 cm³/mol. The second kappa shape index (κ2) is 4.45. The Hall–Kier alpha value is -1.04. The second-order valence-corrected chi connectivity index (χ2v) is 4.15. The minimum atomic E-state index is 0.873. The van der Waals surface area contributed by atoms with E-state index in [9.17, 15) is 0 Å². The van der Waals surface area contributed by atoms with Gasteiger partial charge in [0.2, 0.25) is 0 Å². The Morgan fingerprint density at radius 3 is 3.21 bits per heavy atom. The van der Waals surface area contributed by atoms with E-state index in [1.165, 1.54) is 0 Å². The number of hydrogen-bond acceptors (Lipinski definition) is 5. The van der Waals surface area contributed by atoms with Crippen LogP contribution in [0.3, 0.4) is 0 Å². The zero-order valence-corrected chi connectivity index (χ0v) is 8.92. The molecule has 0 atom stereocenters. The van der Waals surface area contributed by atoms with E-state index >= 15 is 0 Å². The summed E-state index contributed by atoms with van der Waals surface area (Å²) in [6.45, 7) is 1.81. The van der Waals surface area contributed by atoms with Gasteiger partial charge in [0.15, 0.2) is 5.17 Å². The maximum Gasteiger partial charge on any atom is 0.156 e. The number of hydrogen-bond donors (Lipinski definition) is 1. The van der Waals surface area contributed by atoms with Crippen molar-refractivity contribution in [3.63, 3.8) is 0 Å². The van der Waals surface area contributed by atoms with Gasteiger partial charge in [-0.25, -0.2) is 0 Å². The molecule has 0 amide bonds. The molecule has 1 aliphatic heterocycles. The van der Waals surface area contributed by atoms with Crippen molar-refractivity contribution >= 4 is 16.9 Å². The van der Waals surface area contributed by atoms with Crippen LogP contribution in [0.5, 0.6) is 0 Å². The van der Waals surface area contributed by atoms with Gasteiger partial charge in [0.05, 0.1) is 6.54 Å². The van der Waals surface area contributed by atoms with Crippen LogP contribution in [0.15, 0.2) is 11.3 Å². The lowest BCUT2D eigenvalue weighted by molar-refractivity contribution is 0.750. The molecule has 2 rings (SSSR count). The van der Waals surface area contributed by atoms with Crippen LogP contribution in [0.1, 0.15) is 5.82 Å². The third-order valence-corrected chi connectivity index (χ3v) is 2.95. The molecule has 0 spiro atoms. The van der Waals surface area contributed by atoms with Crippen molar-refractivity contribution in [2.45, 2.75) is 6.42 Å². The summed E-state index contributed by atoms with van der Waals surface area (Å²) >= 11 is 1.78. The lowest BCUT2D eigenvalue weighted by Gasteiger charge is -2.03. The van der Waals surface area contributed by atoms with Crippen molar-refractivity contribution in [1.29, 1.82) is 0 Å². The molecule has 1 aromatic rings. The third-order valence-electron chi connectivity index (χ3n) is 2.02. The third kappa shape index (κ3) is 2.25. The molecule has 1 aromatic heterocycles. The number of nitrogens with zero attached hydrogens (tertiary/aromatic N) is 4. The number of aromatic nitrogens is 3. The topological polar surface area (TPSA) is 55.1 Å². The second-order valence-electron chi connectivity index (χ2n) is 3.07. The van der Waals surface area contributed by atoms with E-state index in [0.717, 1.165) is 36.3 Å². The highest BCUT2D eigenvalue weighted by Crippen LogP contribution is 2.08. The van der Waals surface area contributed by atoms with Gasteiger partial charge >= 0.3 is 0 Å². The van der Waals surface area contributed by atoms with Gasteiger partial charge in [-0.2, -0.15) is 0 Å². The molecule has 1 aliphatic rings. The Morgan fingerprint density at radius 2 is 2.57 bits per heavy atom. The zero-order valence-electron chi connectivity index (χ0n) is 8.10. The van der Waals surface area contributed by atoms with Crippen molar-refractivity contribution in [3.05, 3.63) is 12.2 Å². The van der Waals surface area contributed by atoms with Crippen molar-refractivity contribution in [2.75, 3.05) is 18.8 Å². The fraction of sp³-hybridized carbons (Fsp3) is 0.625. The van der Waals surface area contributed by atoms with Crippen LogP contribution in [0.4, 0.5) is 0 Å². The average molecular weight is 211 g/mol. The molecule has 6 heteroatoms. The van der Waals surface area contributed by atoms with E-state index in [1.54, 1.807) is 18.1 Å². The number of amidine groups is 1. The molecule has 0 fully saturated rings. The lowest BCUT2D eigenvalue weighted by atomic mass is 10.4. The van der Waals surface area contributed by atoms with Gasteiger partial charge in [-0.15, -0.1) is 10.2 Å². The highest BCUT2D eigenvalue weighted by Gasteiger charge is 2.06. The SMILES string of the molecule is Cn1cnnc1CCNC1=NCCS1. The molecule has 1 N–H and O–H groups in total. The molecule has 76 valence electrons. The van der Waals surface area contributed by atoms with Crippen LogP contribution in [0.25, 0.3) is 0 Å². The fourth-order valence-corrected chi connectivity index (χ4v) is 2.02. The minimum Gasteiger partial charge on any atom is -0.364 e. The number of aliphatic imine (C=N–C) groups is 1. The zero-order chi connectivity index (χ0) is 9.80. The maximum atomic E-state index is 4.30. The summed E-state index contributed by atoms with van der Waals surface area (Å²) in [4.78, 5) is 4.30. The van der Waals surface area contributed by atoms with Crippen molar-refractivity contribution in [2.24, 2.45) is 12.0 Å². The van der Waals surface area contributed by atoms with Crippen molar-refractivity contribution < 1.29 is 0 Å². The van der Waals surface area contributed by atoms with Crippen LogP contribution in [0, 0.1) is 0 Å². The monoisotopic (exact) mass is 211 g/mol. The van der Waals surface area contributed by atoms with E-state index in [-0.39, 0.29) is 0 Å².